The van der Waals surface area contributed by atoms with E-state index in [4.69, 9.17) is 0 Å². The summed E-state index contributed by atoms with van der Waals surface area (Å²) >= 11 is 1.93. The van der Waals surface area contributed by atoms with E-state index in [0.29, 0.717) is 22.8 Å². The number of aliphatic hydroxyl groups excluding tert-OH is 2. The molecular formula is C10H15IO3. The molecule has 2 atom stereocenters. The first-order valence-corrected chi connectivity index (χ1v) is 5.92. The number of hydrogen-bond donors (Lipinski definition) is 2. The molecule has 0 amide bonds. The standard InChI is InChI=1S/C10H15IO3/c1-2-3-7(12)6-4-8(13)10(11)9(14)5-6/h6,8,13-14H,2-5H2,1H3/t6-,8+/m1/s1. The second-order valence-electron chi connectivity index (χ2n) is 3.66. The Bertz CT molecular complexity index is 260. The van der Waals surface area contributed by atoms with E-state index >= 15 is 0 Å². The Morgan fingerprint density at radius 1 is 1.64 bits per heavy atom. The minimum atomic E-state index is -0.657. The summed E-state index contributed by atoms with van der Waals surface area (Å²) in [7, 11) is 0. The minimum absolute atomic E-state index is 0.155. The van der Waals surface area contributed by atoms with Crippen LogP contribution < -0.4 is 0 Å². The van der Waals surface area contributed by atoms with Gasteiger partial charge in [0.15, 0.2) is 0 Å². The van der Waals surface area contributed by atoms with Gasteiger partial charge in [0.2, 0.25) is 0 Å². The third kappa shape index (κ3) is 2.70. The Hall–Kier alpha value is -0.100. The van der Waals surface area contributed by atoms with Crippen molar-refractivity contribution in [1.29, 1.82) is 0 Å². The molecule has 80 valence electrons. The van der Waals surface area contributed by atoms with Gasteiger partial charge in [-0.3, -0.25) is 4.79 Å². The van der Waals surface area contributed by atoms with Crippen molar-refractivity contribution < 1.29 is 15.0 Å². The van der Waals surface area contributed by atoms with Crippen molar-refractivity contribution >= 4 is 28.4 Å². The summed E-state index contributed by atoms with van der Waals surface area (Å²) in [6, 6.07) is 0. The van der Waals surface area contributed by atoms with Crippen molar-refractivity contribution in [3.63, 3.8) is 0 Å². The maximum absolute atomic E-state index is 11.5. The molecule has 0 unspecified atom stereocenters. The maximum atomic E-state index is 11.5. The molecule has 4 heteroatoms. The molecule has 0 aliphatic heterocycles. The molecule has 0 aromatic carbocycles. The zero-order chi connectivity index (χ0) is 10.7. The average molecular weight is 310 g/mol. The highest BCUT2D eigenvalue weighted by Gasteiger charge is 2.30. The van der Waals surface area contributed by atoms with Crippen molar-refractivity contribution in [1.82, 2.24) is 0 Å². The zero-order valence-corrected chi connectivity index (χ0v) is 10.3. The van der Waals surface area contributed by atoms with Crippen LogP contribution in [0.2, 0.25) is 0 Å². The number of carbonyl (C=O) groups excluding carboxylic acids is 1. The van der Waals surface area contributed by atoms with Crippen LogP contribution in [0.15, 0.2) is 9.34 Å². The van der Waals surface area contributed by atoms with E-state index in [1.54, 1.807) is 0 Å². The Labute approximate surface area is 97.3 Å². The summed E-state index contributed by atoms with van der Waals surface area (Å²) in [5.41, 5.74) is 0. The summed E-state index contributed by atoms with van der Waals surface area (Å²) in [6.07, 6.45) is 1.57. The van der Waals surface area contributed by atoms with Crippen LogP contribution in [-0.4, -0.2) is 22.1 Å². The molecule has 0 saturated carbocycles. The number of carbonyl (C=O) groups is 1. The molecule has 1 aliphatic rings. The maximum Gasteiger partial charge on any atom is 0.136 e. The molecule has 0 radical (unpaired) electrons. The van der Waals surface area contributed by atoms with Crippen molar-refractivity contribution in [3.8, 4) is 0 Å². The molecule has 3 nitrogen and oxygen atoms in total. The fourth-order valence-corrected chi connectivity index (χ4v) is 2.15. The first-order chi connectivity index (χ1) is 6.56. The van der Waals surface area contributed by atoms with Crippen LogP contribution in [0.1, 0.15) is 32.6 Å². The van der Waals surface area contributed by atoms with Crippen LogP contribution >= 0.6 is 22.6 Å². The first-order valence-electron chi connectivity index (χ1n) is 4.84. The lowest BCUT2D eigenvalue weighted by molar-refractivity contribution is -0.124. The van der Waals surface area contributed by atoms with Crippen LogP contribution in [0.3, 0.4) is 0 Å². The van der Waals surface area contributed by atoms with Gasteiger partial charge in [0.1, 0.15) is 11.5 Å². The van der Waals surface area contributed by atoms with Crippen molar-refractivity contribution in [2.75, 3.05) is 0 Å². The number of halogens is 1. The Morgan fingerprint density at radius 3 is 2.79 bits per heavy atom. The minimum Gasteiger partial charge on any atom is -0.511 e. The second kappa shape index (κ2) is 5.11. The quantitative estimate of drug-likeness (QED) is 0.787. The van der Waals surface area contributed by atoms with Gasteiger partial charge in [0, 0.05) is 18.8 Å². The number of hydrogen-bond acceptors (Lipinski definition) is 3. The molecule has 0 aromatic rings. The normalized spacial score (nSPS) is 27.9. The van der Waals surface area contributed by atoms with Gasteiger partial charge in [-0.2, -0.15) is 0 Å². The molecule has 0 fully saturated rings. The van der Waals surface area contributed by atoms with E-state index in [9.17, 15) is 15.0 Å². The van der Waals surface area contributed by atoms with E-state index in [0.717, 1.165) is 6.42 Å². The third-order valence-electron chi connectivity index (χ3n) is 2.47. The lowest BCUT2D eigenvalue weighted by Gasteiger charge is -2.25. The lowest BCUT2D eigenvalue weighted by atomic mass is 9.86. The zero-order valence-electron chi connectivity index (χ0n) is 8.16. The topological polar surface area (TPSA) is 57.5 Å². The predicted octanol–water partition coefficient (Wildman–Crippen LogP) is 2.33. The highest BCUT2D eigenvalue weighted by molar-refractivity contribution is 14.1. The second-order valence-corrected chi connectivity index (χ2v) is 4.83. The molecule has 0 aromatic heterocycles. The van der Waals surface area contributed by atoms with Gasteiger partial charge in [-0.25, -0.2) is 0 Å². The molecule has 1 rings (SSSR count). The van der Waals surface area contributed by atoms with Crippen molar-refractivity contribution in [2.45, 2.75) is 38.7 Å². The number of rotatable bonds is 3. The SMILES string of the molecule is CCCC(=O)[C@H]1CC(O)=C(I)[C@@H](O)C1. The summed E-state index contributed by atoms with van der Waals surface area (Å²) in [4.78, 5) is 11.5. The molecule has 0 spiro atoms. The van der Waals surface area contributed by atoms with Gasteiger partial charge in [0.05, 0.1) is 9.68 Å². The smallest absolute Gasteiger partial charge is 0.136 e. The number of allylic oxidation sites excluding steroid dienone is 1. The molecule has 0 heterocycles. The molecule has 0 bridgehead atoms. The van der Waals surface area contributed by atoms with Gasteiger partial charge >= 0.3 is 0 Å². The summed E-state index contributed by atoms with van der Waals surface area (Å²) in [5, 5.41) is 19.1. The van der Waals surface area contributed by atoms with E-state index in [2.05, 4.69) is 0 Å². The van der Waals surface area contributed by atoms with Crippen LogP contribution in [0, 0.1) is 5.92 Å². The van der Waals surface area contributed by atoms with Crippen molar-refractivity contribution in [3.05, 3.63) is 9.34 Å². The van der Waals surface area contributed by atoms with Crippen molar-refractivity contribution in [2.24, 2.45) is 5.92 Å². The number of ketones is 1. The van der Waals surface area contributed by atoms with Crippen LogP contribution in [-0.2, 0) is 4.79 Å². The van der Waals surface area contributed by atoms with Crippen LogP contribution in [0.4, 0.5) is 0 Å². The van der Waals surface area contributed by atoms with Crippen LogP contribution in [0.5, 0.6) is 0 Å². The van der Waals surface area contributed by atoms with E-state index in [-0.39, 0.29) is 17.5 Å². The fraction of sp³-hybridized carbons (Fsp3) is 0.700. The Balaban J connectivity index is 2.66. The molecule has 0 saturated heterocycles. The summed E-state index contributed by atoms with van der Waals surface area (Å²) in [6.45, 7) is 1.95. The molecule has 1 aliphatic carbocycles. The van der Waals surface area contributed by atoms with Gasteiger partial charge < -0.3 is 10.2 Å². The largest absolute Gasteiger partial charge is 0.511 e. The molecular weight excluding hydrogens is 295 g/mol. The average Bonchev–Trinajstić information content (AvgIpc) is 2.13. The number of aliphatic hydroxyl groups is 2. The van der Waals surface area contributed by atoms with Gasteiger partial charge in [-0.1, -0.05) is 6.92 Å². The third-order valence-corrected chi connectivity index (χ3v) is 3.81. The van der Waals surface area contributed by atoms with E-state index in [1.807, 2.05) is 29.5 Å². The van der Waals surface area contributed by atoms with E-state index in [1.165, 1.54) is 0 Å². The number of Topliss-reactive ketones (excluding diaryl/α,β-unsaturated/α-hetero) is 1. The first kappa shape index (κ1) is 12.0. The molecule has 14 heavy (non-hydrogen) atoms. The highest BCUT2D eigenvalue weighted by Crippen LogP contribution is 2.33. The highest BCUT2D eigenvalue weighted by atomic mass is 127. The predicted molar refractivity (Wildman–Crippen MR) is 62.3 cm³/mol. The van der Waals surface area contributed by atoms with E-state index < -0.39 is 6.10 Å². The lowest BCUT2D eigenvalue weighted by Crippen LogP contribution is -2.26. The Morgan fingerprint density at radius 2 is 2.29 bits per heavy atom. The van der Waals surface area contributed by atoms with Gasteiger partial charge in [-0.05, 0) is 35.4 Å². The molecule has 2 N–H and O–H groups in total. The Kier molecular flexibility index (Phi) is 4.37. The summed E-state index contributed by atoms with van der Waals surface area (Å²) < 4.78 is 0.586. The van der Waals surface area contributed by atoms with Crippen LogP contribution in [0.25, 0.3) is 0 Å². The van der Waals surface area contributed by atoms with Gasteiger partial charge in [0.25, 0.3) is 0 Å². The monoisotopic (exact) mass is 310 g/mol. The van der Waals surface area contributed by atoms with Gasteiger partial charge in [-0.15, -0.1) is 0 Å². The summed E-state index contributed by atoms with van der Waals surface area (Å²) in [5.74, 6) is 0.143. The fourth-order valence-electron chi connectivity index (χ4n) is 1.68.